The highest BCUT2D eigenvalue weighted by Crippen LogP contribution is 2.22. The molecule has 1 saturated heterocycles. The Hall–Kier alpha value is -0.870. The van der Waals surface area contributed by atoms with Crippen LogP contribution >= 0.6 is 0 Å². The lowest BCUT2D eigenvalue weighted by Crippen LogP contribution is -2.49. The largest absolute Gasteiger partial charge is 0.314 e. The number of hydrogen-bond donors (Lipinski definition) is 1. The molecule has 0 atom stereocenters. The monoisotopic (exact) mass is 250 g/mol. The van der Waals surface area contributed by atoms with E-state index in [-0.39, 0.29) is 0 Å². The maximum absolute atomic E-state index is 4.52. The minimum absolute atomic E-state index is 0.331. The molecule has 1 fully saturated rings. The Balaban J connectivity index is 1.95. The molecule has 0 bridgehead atoms. The molecular formula is C14H26N4. The van der Waals surface area contributed by atoms with Crippen LogP contribution in [0.3, 0.4) is 0 Å². The van der Waals surface area contributed by atoms with Gasteiger partial charge in [0.15, 0.2) is 0 Å². The van der Waals surface area contributed by atoms with Gasteiger partial charge in [0.2, 0.25) is 0 Å². The average molecular weight is 250 g/mol. The van der Waals surface area contributed by atoms with Crippen molar-refractivity contribution in [3.63, 3.8) is 0 Å². The number of likely N-dealkylation sites (tertiary alicyclic amines) is 1. The molecule has 1 aromatic rings. The molecule has 4 nitrogen and oxygen atoms in total. The standard InChI is InChI=1S/C14H26N4/c1-5-18-13(10-12(2)16-18)11-17-8-6-14(3,15-4)7-9-17/h10,15H,5-9,11H2,1-4H3. The van der Waals surface area contributed by atoms with Crippen LogP contribution < -0.4 is 5.32 Å². The van der Waals surface area contributed by atoms with Gasteiger partial charge in [-0.25, -0.2) is 0 Å². The lowest BCUT2D eigenvalue weighted by Gasteiger charge is -2.39. The lowest BCUT2D eigenvalue weighted by atomic mass is 9.90. The summed E-state index contributed by atoms with van der Waals surface area (Å²) in [6.07, 6.45) is 2.45. The van der Waals surface area contributed by atoms with Crippen molar-refractivity contribution < 1.29 is 0 Å². The maximum atomic E-state index is 4.52. The highest BCUT2D eigenvalue weighted by Gasteiger charge is 2.28. The molecule has 0 unspecified atom stereocenters. The van der Waals surface area contributed by atoms with Gasteiger partial charge in [0.05, 0.1) is 11.4 Å². The van der Waals surface area contributed by atoms with Crippen LogP contribution in [0, 0.1) is 6.92 Å². The van der Waals surface area contributed by atoms with Crippen LogP contribution in [0.1, 0.15) is 38.1 Å². The van der Waals surface area contributed by atoms with Gasteiger partial charge < -0.3 is 5.32 Å². The molecule has 2 heterocycles. The van der Waals surface area contributed by atoms with E-state index in [0.29, 0.717) is 5.54 Å². The normalized spacial score (nSPS) is 20.2. The summed E-state index contributed by atoms with van der Waals surface area (Å²) >= 11 is 0. The van der Waals surface area contributed by atoms with Gasteiger partial charge in [-0.15, -0.1) is 0 Å². The summed E-state index contributed by atoms with van der Waals surface area (Å²) in [4.78, 5) is 2.54. The minimum Gasteiger partial charge on any atom is -0.314 e. The van der Waals surface area contributed by atoms with Crippen LogP contribution in [0.4, 0.5) is 0 Å². The SMILES string of the molecule is CCn1nc(C)cc1CN1CCC(C)(NC)CC1. The van der Waals surface area contributed by atoms with Crippen molar-refractivity contribution in [2.24, 2.45) is 0 Å². The van der Waals surface area contributed by atoms with Gasteiger partial charge in [0.1, 0.15) is 0 Å². The van der Waals surface area contributed by atoms with Crippen LogP contribution in [0.25, 0.3) is 0 Å². The van der Waals surface area contributed by atoms with Gasteiger partial charge in [0, 0.05) is 31.7 Å². The molecular weight excluding hydrogens is 224 g/mol. The third kappa shape index (κ3) is 2.93. The number of hydrogen-bond acceptors (Lipinski definition) is 3. The summed E-state index contributed by atoms with van der Waals surface area (Å²) in [6.45, 7) is 10.9. The Labute approximate surface area is 110 Å². The number of aryl methyl sites for hydroxylation is 2. The Bertz CT molecular complexity index is 388. The van der Waals surface area contributed by atoms with Gasteiger partial charge >= 0.3 is 0 Å². The molecule has 1 aliphatic rings. The van der Waals surface area contributed by atoms with Crippen molar-refractivity contribution in [1.82, 2.24) is 20.0 Å². The minimum atomic E-state index is 0.331. The van der Waals surface area contributed by atoms with Crippen LogP contribution in [0.2, 0.25) is 0 Å². The lowest BCUT2D eigenvalue weighted by molar-refractivity contribution is 0.143. The average Bonchev–Trinajstić information content (AvgIpc) is 2.73. The second-order valence-corrected chi connectivity index (χ2v) is 5.68. The number of nitrogens with one attached hydrogen (secondary N) is 1. The summed E-state index contributed by atoms with van der Waals surface area (Å²) in [5.74, 6) is 0. The third-order valence-corrected chi connectivity index (χ3v) is 4.23. The van der Waals surface area contributed by atoms with Crippen LogP contribution in [0.15, 0.2) is 6.07 Å². The third-order valence-electron chi connectivity index (χ3n) is 4.23. The predicted molar refractivity (Wildman–Crippen MR) is 74.6 cm³/mol. The summed E-state index contributed by atoms with van der Waals surface area (Å²) in [6, 6.07) is 2.22. The second-order valence-electron chi connectivity index (χ2n) is 5.68. The molecule has 2 rings (SSSR count). The second kappa shape index (κ2) is 5.41. The van der Waals surface area contributed by atoms with Crippen molar-refractivity contribution in [2.75, 3.05) is 20.1 Å². The zero-order chi connectivity index (χ0) is 13.2. The molecule has 1 aliphatic heterocycles. The first-order valence-corrected chi connectivity index (χ1v) is 7.01. The number of piperidine rings is 1. The first-order chi connectivity index (χ1) is 8.56. The fourth-order valence-corrected chi connectivity index (χ4v) is 2.68. The van der Waals surface area contributed by atoms with E-state index in [4.69, 9.17) is 0 Å². The van der Waals surface area contributed by atoms with E-state index in [2.05, 4.69) is 53.9 Å². The first kappa shape index (κ1) is 13.6. The maximum Gasteiger partial charge on any atom is 0.0597 e. The van der Waals surface area contributed by atoms with Crippen molar-refractivity contribution in [2.45, 2.75) is 52.2 Å². The van der Waals surface area contributed by atoms with Crippen molar-refractivity contribution in [3.8, 4) is 0 Å². The highest BCUT2D eigenvalue weighted by molar-refractivity contribution is 5.09. The molecule has 1 N–H and O–H groups in total. The first-order valence-electron chi connectivity index (χ1n) is 7.01. The van der Waals surface area contributed by atoms with Crippen LogP contribution in [-0.2, 0) is 13.1 Å². The molecule has 18 heavy (non-hydrogen) atoms. The predicted octanol–water partition coefficient (Wildman–Crippen LogP) is 1.79. The smallest absolute Gasteiger partial charge is 0.0597 e. The van der Waals surface area contributed by atoms with Gasteiger partial charge in [-0.3, -0.25) is 9.58 Å². The highest BCUT2D eigenvalue weighted by atomic mass is 15.3. The van der Waals surface area contributed by atoms with Gasteiger partial charge in [0.25, 0.3) is 0 Å². The number of rotatable bonds is 4. The fourth-order valence-electron chi connectivity index (χ4n) is 2.68. The van der Waals surface area contributed by atoms with Crippen molar-refractivity contribution >= 4 is 0 Å². The van der Waals surface area contributed by atoms with E-state index in [9.17, 15) is 0 Å². The summed E-state index contributed by atoms with van der Waals surface area (Å²) in [7, 11) is 2.07. The molecule has 102 valence electrons. The molecule has 0 aliphatic carbocycles. The molecule has 4 heteroatoms. The topological polar surface area (TPSA) is 33.1 Å². The summed E-state index contributed by atoms with van der Waals surface area (Å²) in [5.41, 5.74) is 2.81. The Morgan fingerprint density at radius 2 is 2.06 bits per heavy atom. The van der Waals surface area contributed by atoms with Gasteiger partial charge in [-0.05, 0) is 46.7 Å². The quantitative estimate of drug-likeness (QED) is 0.884. The number of aromatic nitrogens is 2. The van der Waals surface area contributed by atoms with Crippen LogP contribution in [0.5, 0.6) is 0 Å². The zero-order valence-corrected chi connectivity index (χ0v) is 12.2. The zero-order valence-electron chi connectivity index (χ0n) is 12.2. The van der Waals surface area contributed by atoms with Crippen molar-refractivity contribution in [3.05, 3.63) is 17.5 Å². The molecule has 0 aromatic carbocycles. The Kier molecular flexibility index (Phi) is 4.07. The van der Waals surface area contributed by atoms with Gasteiger partial charge in [-0.1, -0.05) is 0 Å². The van der Waals surface area contributed by atoms with E-state index in [0.717, 1.165) is 18.8 Å². The molecule has 1 aromatic heterocycles. The summed E-state index contributed by atoms with van der Waals surface area (Å²) < 4.78 is 2.13. The number of nitrogens with zero attached hydrogens (tertiary/aromatic N) is 3. The molecule has 0 saturated carbocycles. The molecule has 0 spiro atoms. The van der Waals surface area contributed by atoms with E-state index < -0.39 is 0 Å². The molecule has 0 radical (unpaired) electrons. The fraction of sp³-hybridized carbons (Fsp3) is 0.786. The van der Waals surface area contributed by atoms with E-state index >= 15 is 0 Å². The van der Waals surface area contributed by atoms with Gasteiger partial charge in [-0.2, -0.15) is 5.10 Å². The Morgan fingerprint density at radius 1 is 1.39 bits per heavy atom. The van der Waals surface area contributed by atoms with E-state index in [1.807, 2.05) is 0 Å². The Morgan fingerprint density at radius 3 is 2.61 bits per heavy atom. The van der Waals surface area contributed by atoms with Crippen molar-refractivity contribution in [1.29, 1.82) is 0 Å². The molecule has 0 amide bonds. The van der Waals surface area contributed by atoms with Crippen LogP contribution in [-0.4, -0.2) is 40.4 Å². The van der Waals surface area contributed by atoms with E-state index in [1.54, 1.807) is 0 Å². The van der Waals surface area contributed by atoms with E-state index in [1.165, 1.54) is 31.6 Å². The summed E-state index contributed by atoms with van der Waals surface area (Å²) in [5, 5.41) is 7.96.